The van der Waals surface area contributed by atoms with E-state index in [-0.39, 0.29) is 11.9 Å². The summed E-state index contributed by atoms with van der Waals surface area (Å²) in [7, 11) is 2.96. The van der Waals surface area contributed by atoms with Crippen molar-refractivity contribution in [1.82, 2.24) is 0 Å². The summed E-state index contributed by atoms with van der Waals surface area (Å²) in [6, 6.07) is 0. The number of carbonyl (C=O) groups is 2. The summed E-state index contributed by atoms with van der Waals surface area (Å²) >= 11 is 17.6. The molecule has 4 rings (SSSR count). The van der Waals surface area contributed by atoms with E-state index >= 15 is 0 Å². The molecule has 4 aliphatic heterocycles. The monoisotopic (exact) mass is 1100 g/mol. The smallest absolute Gasteiger partial charge is 0.346 e. The molecule has 0 aromatic heterocycles. The van der Waals surface area contributed by atoms with Crippen LogP contribution in [0, 0.1) is 0 Å². The molecule has 0 fully saturated rings. The van der Waals surface area contributed by atoms with Gasteiger partial charge in [0.25, 0.3) is 0 Å². The van der Waals surface area contributed by atoms with Crippen LogP contribution in [0.4, 0.5) is 0 Å². The lowest BCUT2D eigenvalue weighted by atomic mass is 10.0. The van der Waals surface area contributed by atoms with Gasteiger partial charge in [-0.25, -0.2) is 9.59 Å². The van der Waals surface area contributed by atoms with Crippen molar-refractivity contribution in [3.8, 4) is 0 Å². The number of unbranched alkanes of at least 4 members (excludes halogenated alkanes) is 28. The number of hydrogen-bond acceptors (Lipinski definition) is 14. The first-order chi connectivity index (χ1) is 33.0. The van der Waals surface area contributed by atoms with Crippen molar-refractivity contribution < 1.29 is 19.1 Å². The maximum Gasteiger partial charge on any atom is 0.346 e. The number of allylic oxidation sites excluding steroid dienone is 2. The second-order valence-electron chi connectivity index (χ2n) is 17.8. The second-order valence-corrected chi connectivity index (χ2v) is 29.7. The van der Waals surface area contributed by atoms with E-state index in [1.807, 2.05) is 47.0 Å². The molecule has 0 aromatic rings. The zero-order valence-electron chi connectivity index (χ0n) is 41.6. The van der Waals surface area contributed by atoms with E-state index in [2.05, 4.69) is 24.7 Å². The molecule has 4 nitrogen and oxygen atoms in total. The molecule has 0 saturated heterocycles. The van der Waals surface area contributed by atoms with Gasteiger partial charge in [-0.3, -0.25) is 0 Å². The van der Waals surface area contributed by atoms with Crippen molar-refractivity contribution in [2.75, 3.05) is 25.7 Å². The van der Waals surface area contributed by atoms with Gasteiger partial charge in [0, 0.05) is 0 Å². The van der Waals surface area contributed by atoms with Crippen LogP contribution in [0.15, 0.2) is 55.9 Å². The Morgan fingerprint density at radius 2 is 0.687 bits per heavy atom. The maximum absolute atomic E-state index is 12.9. The molecule has 0 aliphatic carbocycles. The molecule has 4 aliphatic rings. The molecule has 67 heavy (non-hydrogen) atoms. The average Bonchev–Trinajstić information content (AvgIpc) is 4.18. The van der Waals surface area contributed by atoms with Crippen LogP contribution >= 0.6 is 118 Å². The van der Waals surface area contributed by atoms with E-state index in [1.165, 1.54) is 234 Å². The molecule has 0 amide bonds. The minimum absolute atomic E-state index is 0.244. The Hall–Kier alpha value is 0.880. The van der Waals surface area contributed by atoms with Gasteiger partial charge in [-0.05, 0) is 64.2 Å². The number of ether oxygens (including phenoxy) is 2. The van der Waals surface area contributed by atoms with Gasteiger partial charge >= 0.3 is 11.9 Å². The maximum atomic E-state index is 12.9. The Morgan fingerprint density at radius 3 is 0.985 bits per heavy atom. The van der Waals surface area contributed by atoms with E-state index in [0.717, 1.165) is 49.1 Å². The normalized spacial score (nSPS) is 18.5. The van der Waals surface area contributed by atoms with Crippen LogP contribution < -0.4 is 0 Å². The van der Waals surface area contributed by atoms with Gasteiger partial charge in [-0.2, -0.15) is 0 Å². The van der Waals surface area contributed by atoms with Crippen molar-refractivity contribution in [2.24, 2.45) is 0 Å². The van der Waals surface area contributed by atoms with Crippen molar-refractivity contribution in [3.05, 3.63) is 55.9 Å². The summed E-state index contributed by atoms with van der Waals surface area (Å²) in [5.74, 6) is 1.30. The highest BCUT2D eigenvalue weighted by Crippen LogP contribution is 2.62. The summed E-state index contributed by atoms with van der Waals surface area (Å²) in [5.41, 5.74) is 0. The van der Waals surface area contributed by atoms with E-state index in [0.29, 0.717) is 0 Å². The predicted molar refractivity (Wildman–Crippen MR) is 318 cm³/mol. The van der Waals surface area contributed by atoms with Crippen molar-refractivity contribution in [2.45, 2.75) is 226 Å². The van der Waals surface area contributed by atoms with Gasteiger partial charge < -0.3 is 9.47 Å². The molecule has 4 heterocycles. The fraction of sp³-hybridized carbons (Fsp3) is 0.736. The fourth-order valence-corrected chi connectivity index (χ4v) is 21.9. The molecule has 0 aromatic carbocycles. The van der Waals surface area contributed by atoms with Crippen LogP contribution in [-0.4, -0.2) is 37.7 Å². The van der Waals surface area contributed by atoms with E-state index < -0.39 is 0 Å². The molecule has 0 N–H and O–H groups in total. The molecule has 0 spiro atoms. The van der Waals surface area contributed by atoms with Gasteiger partial charge in [-0.15, -0.1) is 23.5 Å². The molecular formula is C53H84O4S10. The standard InChI is InChI=1S/C53H84O4S10/c1-5-7-9-11-13-15-17-19-21-23-25-27-29-31-33-36-42-40-60-50(62-42)52-64-44(46(54)56-3)48(66-52)58-38-35-39-59-49-45(47(55)57-4)65-53(67-49)51-61-41-43(63-51)37-34-32-30-28-26-24-22-20-18-16-14-12-10-8-6-2/h40-41H,5-39H2,1-4H3/b52-50-,53-51-. The highest BCUT2D eigenvalue weighted by molar-refractivity contribution is 8.39. The largest absolute Gasteiger partial charge is 0.465 e. The second kappa shape index (κ2) is 39.4. The third kappa shape index (κ3) is 25.6. The number of rotatable bonds is 40. The summed E-state index contributed by atoms with van der Waals surface area (Å²) in [5, 5.41) is 4.66. The van der Waals surface area contributed by atoms with E-state index in [4.69, 9.17) is 9.47 Å². The minimum atomic E-state index is -0.244. The highest BCUT2D eigenvalue weighted by Gasteiger charge is 2.33. The number of esters is 2. The Bertz CT molecular complexity index is 1530. The van der Waals surface area contributed by atoms with Gasteiger partial charge in [0.1, 0.15) is 9.81 Å². The zero-order chi connectivity index (χ0) is 47.6. The Kier molecular flexibility index (Phi) is 35.5. The third-order valence-electron chi connectivity index (χ3n) is 12.1. The van der Waals surface area contributed by atoms with Crippen LogP contribution in [0.5, 0.6) is 0 Å². The average molecular weight is 1110 g/mol. The van der Waals surface area contributed by atoms with Crippen LogP contribution in [-0.2, 0) is 19.1 Å². The lowest BCUT2D eigenvalue weighted by Gasteiger charge is -2.06. The van der Waals surface area contributed by atoms with Gasteiger partial charge in [-0.1, -0.05) is 288 Å². The quantitative estimate of drug-likeness (QED) is 0.0432. The van der Waals surface area contributed by atoms with Crippen molar-refractivity contribution in [3.63, 3.8) is 0 Å². The molecule has 0 bridgehead atoms. The Balaban J connectivity index is 1.06. The van der Waals surface area contributed by atoms with E-state index in [9.17, 15) is 9.59 Å². The lowest BCUT2D eigenvalue weighted by Crippen LogP contribution is -2.01. The first kappa shape index (κ1) is 60.4. The Morgan fingerprint density at radius 1 is 0.388 bits per heavy atom. The molecule has 14 heteroatoms. The summed E-state index contributed by atoms with van der Waals surface area (Å²) in [6.07, 6.45) is 45.0. The summed E-state index contributed by atoms with van der Waals surface area (Å²) in [6.45, 7) is 4.59. The zero-order valence-corrected chi connectivity index (χ0v) is 49.8. The molecule has 0 saturated carbocycles. The highest BCUT2D eigenvalue weighted by atomic mass is 32.2. The van der Waals surface area contributed by atoms with Crippen molar-refractivity contribution in [1.29, 1.82) is 0 Å². The van der Waals surface area contributed by atoms with Gasteiger partial charge in [0.2, 0.25) is 0 Å². The van der Waals surface area contributed by atoms with E-state index in [1.54, 1.807) is 70.6 Å². The Labute approximate surface area is 451 Å². The SMILES string of the molecule is CCCCCCCCCCCCCCCCCC1=CS/C(=C2/SC(SCCCSC3=C(C(=O)OC)S/C(=C4\SC=C(CCCCCCCCCCCCCCCCC)S4)S3)=C(C(=O)OC)S2)S1. The lowest BCUT2D eigenvalue weighted by molar-refractivity contribution is -0.136. The molecule has 0 radical (unpaired) electrons. The predicted octanol–water partition coefficient (Wildman–Crippen LogP) is 21.9. The fourth-order valence-electron chi connectivity index (χ4n) is 8.07. The molecule has 380 valence electrons. The van der Waals surface area contributed by atoms with Crippen LogP contribution in [0.25, 0.3) is 0 Å². The number of carbonyl (C=O) groups excluding carboxylic acids is 2. The van der Waals surface area contributed by atoms with Crippen molar-refractivity contribution >= 4 is 130 Å². The first-order valence-electron chi connectivity index (χ1n) is 26.1. The third-order valence-corrected chi connectivity index (χ3v) is 26.2. The van der Waals surface area contributed by atoms with Crippen LogP contribution in [0.1, 0.15) is 226 Å². The molecule has 0 unspecified atom stereocenters. The molecule has 0 atom stereocenters. The summed E-state index contributed by atoms with van der Waals surface area (Å²) < 4.78 is 17.6. The summed E-state index contributed by atoms with van der Waals surface area (Å²) in [4.78, 5) is 30.1. The van der Waals surface area contributed by atoms with Crippen LogP contribution in [0.2, 0.25) is 0 Å². The number of methoxy groups -OCH3 is 2. The molecular weight excluding hydrogens is 1020 g/mol. The van der Waals surface area contributed by atoms with Crippen LogP contribution in [0.3, 0.4) is 0 Å². The first-order valence-corrected chi connectivity index (χ1v) is 34.8. The van der Waals surface area contributed by atoms with Gasteiger partial charge in [0.15, 0.2) is 0 Å². The van der Waals surface area contributed by atoms with Gasteiger partial charge in [0.05, 0.1) is 39.6 Å². The topological polar surface area (TPSA) is 52.6 Å². The minimum Gasteiger partial charge on any atom is -0.465 e. The number of hydrogen-bond donors (Lipinski definition) is 0. The number of thioether (sulfide) groups is 10.